The molecule has 7 nitrogen and oxygen atoms in total. The first-order valence-electron chi connectivity index (χ1n) is 8.65. The van der Waals surface area contributed by atoms with Gasteiger partial charge in [0.25, 0.3) is 5.91 Å². The molecule has 2 aliphatic rings. The second-order valence-corrected chi connectivity index (χ2v) is 6.45. The van der Waals surface area contributed by atoms with Crippen molar-refractivity contribution >= 4 is 23.4 Å². The van der Waals surface area contributed by atoms with Crippen molar-refractivity contribution in [1.29, 1.82) is 0 Å². The zero-order valence-corrected chi connectivity index (χ0v) is 14.2. The average Bonchev–Trinajstić information content (AvgIpc) is 3.33. The summed E-state index contributed by atoms with van der Waals surface area (Å²) < 4.78 is 5.20. The third-order valence-electron chi connectivity index (χ3n) is 4.83. The van der Waals surface area contributed by atoms with Gasteiger partial charge in [0, 0.05) is 6.54 Å². The smallest absolute Gasteiger partial charge is 0.256 e. The minimum atomic E-state index is -0.493. The number of fused-ring (bicyclic) bond motifs is 2. The zero-order chi connectivity index (χ0) is 18.1. The minimum absolute atomic E-state index is 0.131. The van der Waals surface area contributed by atoms with Gasteiger partial charge in [0.1, 0.15) is 18.3 Å². The first kappa shape index (κ1) is 16.4. The van der Waals surface area contributed by atoms with E-state index in [-0.39, 0.29) is 30.8 Å². The van der Waals surface area contributed by atoms with E-state index < -0.39 is 6.04 Å². The minimum Gasteiger partial charge on any atom is -0.467 e. The summed E-state index contributed by atoms with van der Waals surface area (Å²) in [5.41, 5.74) is 0.953. The molecule has 1 atom stereocenters. The Morgan fingerprint density at radius 3 is 2.85 bits per heavy atom. The first-order valence-corrected chi connectivity index (χ1v) is 8.65. The Morgan fingerprint density at radius 2 is 2.04 bits per heavy atom. The Kier molecular flexibility index (Phi) is 4.20. The molecule has 0 bridgehead atoms. The normalized spacial score (nSPS) is 19.2. The quantitative estimate of drug-likeness (QED) is 0.904. The van der Waals surface area contributed by atoms with Crippen LogP contribution in [0.2, 0.25) is 0 Å². The molecule has 1 N–H and O–H groups in total. The van der Waals surface area contributed by atoms with Gasteiger partial charge < -0.3 is 19.5 Å². The maximum Gasteiger partial charge on any atom is 0.256 e. The molecule has 134 valence electrons. The second kappa shape index (κ2) is 6.67. The van der Waals surface area contributed by atoms with E-state index in [1.807, 2.05) is 0 Å². The number of rotatable bonds is 4. The van der Waals surface area contributed by atoms with Gasteiger partial charge in [0.05, 0.1) is 24.1 Å². The Labute approximate surface area is 150 Å². The monoisotopic (exact) mass is 353 g/mol. The predicted octanol–water partition coefficient (Wildman–Crippen LogP) is 1.55. The lowest BCUT2D eigenvalue weighted by Crippen LogP contribution is -2.48. The molecule has 2 aromatic rings. The summed E-state index contributed by atoms with van der Waals surface area (Å²) >= 11 is 0. The number of benzene rings is 1. The van der Waals surface area contributed by atoms with Crippen molar-refractivity contribution in [1.82, 2.24) is 10.2 Å². The number of furan rings is 1. The van der Waals surface area contributed by atoms with Gasteiger partial charge in [-0.15, -0.1) is 0 Å². The van der Waals surface area contributed by atoms with Gasteiger partial charge >= 0.3 is 0 Å². The number of amides is 3. The fraction of sp³-hybridized carbons (Fsp3) is 0.316. The van der Waals surface area contributed by atoms with Crippen LogP contribution in [-0.4, -0.2) is 41.8 Å². The van der Waals surface area contributed by atoms with Gasteiger partial charge in [0.2, 0.25) is 11.8 Å². The molecule has 4 rings (SSSR count). The van der Waals surface area contributed by atoms with Gasteiger partial charge in [-0.25, -0.2) is 0 Å². The highest BCUT2D eigenvalue weighted by Crippen LogP contribution is 2.32. The van der Waals surface area contributed by atoms with Gasteiger partial charge in [-0.1, -0.05) is 12.1 Å². The van der Waals surface area contributed by atoms with Gasteiger partial charge in [-0.2, -0.15) is 0 Å². The fourth-order valence-electron chi connectivity index (χ4n) is 3.57. The van der Waals surface area contributed by atoms with Crippen molar-refractivity contribution < 1.29 is 18.8 Å². The van der Waals surface area contributed by atoms with Crippen LogP contribution < -0.4 is 10.2 Å². The molecule has 0 spiro atoms. The third kappa shape index (κ3) is 2.85. The molecule has 7 heteroatoms. The van der Waals surface area contributed by atoms with Crippen molar-refractivity contribution in [2.75, 3.05) is 18.0 Å². The Morgan fingerprint density at radius 1 is 1.19 bits per heavy atom. The zero-order valence-electron chi connectivity index (χ0n) is 14.2. The molecule has 1 aromatic heterocycles. The largest absolute Gasteiger partial charge is 0.467 e. The van der Waals surface area contributed by atoms with E-state index >= 15 is 0 Å². The highest BCUT2D eigenvalue weighted by Gasteiger charge is 2.42. The number of hydrogen-bond acceptors (Lipinski definition) is 4. The Hall–Kier alpha value is -3.09. The van der Waals surface area contributed by atoms with Crippen molar-refractivity contribution in [3.05, 3.63) is 54.0 Å². The summed E-state index contributed by atoms with van der Waals surface area (Å²) in [6, 6.07) is 9.98. The van der Waals surface area contributed by atoms with Crippen molar-refractivity contribution in [3.8, 4) is 0 Å². The standard InChI is InChI=1S/C19H19N3O4/c23-17(20-11-13-5-4-10-26-13)12-22-15-7-2-1-6-14(15)18(24)21-9-3-8-16(21)19(22)25/h1-2,4-7,10,16H,3,8-9,11-12H2,(H,20,23)/t16-/m1/s1. The van der Waals surface area contributed by atoms with Crippen LogP contribution in [0.15, 0.2) is 47.1 Å². The lowest BCUT2D eigenvalue weighted by atomic mass is 10.1. The summed E-state index contributed by atoms with van der Waals surface area (Å²) in [5, 5.41) is 2.75. The number of anilines is 1. The lowest BCUT2D eigenvalue weighted by Gasteiger charge is -2.25. The number of nitrogens with one attached hydrogen (secondary N) is 1. The van der Waals surface area contributed by atoms with E-state index in [4.69, 9.17) is 4.42 Å². The molecule has 26 heavy (non-hydrogen) atoms. The Balaban J connectivity index is 1.58. The van der Waals surface area contributed by atoms with E-state index in [1.54, 1.807) is 41.3 Å². The highest BCUT2D eigenvalue weighted by atomic mass is 16.3. The molecule has 1 saturated heterocycles. The molecule has 0 radical (unpaired) electrons. The van der Waals surface area contributed by atoms with Crippen molar-refractivity contribution in [2.45, 2.75) is 25.4 Å². The number of hydrogen-bond donors (Lipinski definition) is 1. The second-order valence-electron chi connectivity index (χ2n) is 6.45. The van der Waals surface area contributed by atoms with Crippen LogP contribution in [0.5, 0.6) is 0 Å². The lowest BCUT2D eigenvalue weighted by molar-refractivity contribution is -0.125. The molecule has 3 amide bonds. The number of nitrogens with zero attached hydrogens (tertiary/aromatic N) is 2. The number of carbonyl (C=O) groups is 3. The molecular formula is C19H19N3O4. The Bertz CT molecular complexity index is 846. The van der Waals surface area contributed by atoms with Crippen molar-refractivity contribution in [3.63, 3.8) is 0 Å². The summed E-state index contributed by atoms with van der Waals surface area (Å²) in [6.07, 6.45) is 2.96. The molecule has 0 aliphatic carbocycles. The maximum atomic E-state index is 13.0. The predicted molar refractivity (Wildman–Crippen MR) is 93.4 cm³/mol. The number of para-hydroxylation sites is 1. The van der Waals surface area contributed by atoms with E-state index in [1.165, 1.54) is 11.2 Å². The van der Waals surface area contributed by atoms with Crippen molar-refractivity contribution in [2.24, 2.45) is 0 Å². The average molecular weight is 353 g/mol. The molecule has 3 heterocycles. The van der Waals surface area contributed by atoms with Gasteiger partial charge in [-0.05, 0) is 37.1 Å². The van der Waals surface area contributed by atoms with E-state index in [0.717, 1.165) is 6.42 Å². The molecule has 0 unspecified atom stereocenters. The van der Waals surface area contributed by atoms with Gasteiger partial charge in [0.15, 0.2) is 0 Å². The van der Waals surface area contributed by atoms with Crippen LogP contribution >= 0.6 is 0 Å². The molecule has 1 aromatic carbocycles. The summed E-state index contributed by atoms with van der Waals surface area (Å²) in [5.74, 6) is -0.00886. The van der Waals surface area contributed by atoms with Crippen LogP contribution in [-0.2, 0) is 16.1 Å². The fourth-order valence-corrected chi connectivity index (χ4v) is 3.57. The van der Waals surface area contributed by atoms with Crippen LogP contribution in [0.25, 0.3) is 0 Å². The van der Waals surface area contributed by atoms with E-state index in [0.29, 0.717) is 30.0 Å². The molecule has 1 fully saturated rings. The maximum absolute atomic E-state index is 13.0. The number of carbonyl (C=O) groups excluding carboxylic acids is 3. The molecule has 0 saturated carbocycles. The summed E-state index contributed by atoms with van der Waals surface area (Å²) in [7, 11) is 0. The van der Waals surface area contributed by atoms with E-state index in [2.05, 4.69) is 5.32 Å². The first-order chi connectivity index (χ1) is 12.6. The van der Waals surface area contributed by atoms with Crippen LogP contribution in [0.1, 0.15) is 29.0 Å². The molecular weight excluding hydrogens is 334 g/mol. The van der Waals surface area contributed by atoms with Gasteiger partial charge in [-0.3, -0.25) is 14.4 Å². The van der Waals surface area contributed by atoms with E-state index in [9.17, 15) is 14.4 Å². The van der Waals surface area contributed by atoms with Crippen LogP contribution in [0, 0.1) is 0 Å². The molecule has 2 aliphatic heterocycles. The third-order valence-corrected chi connectivity index (χ3v) is 4.83. The summed E-state index contributed by atoms with van der Waals surface area (Å²) in [6.45, 7) is 0.695. The topological polar surface area (TPSA) is 82.9 Å². The summed E-state index contributed by atoms with van der Waals surface area (Å²) in [4.78, 5) is 41.3. The highest BCUT2D eigenvalue weighted by molar-refractivity contribution is 6.12. The SMILES string of the molecule is O=C(CN1C(=O)[C@H]2CCCN2C(=O)c2ccccc21)NCc1ccco1. The van der Waals surface area contributed by atoms with Crippen LogP contribution in [0.3, 0.4) is 0 Å². The van der Waals surface area contributed by atoms with Crippen LogP contribution in [0.4, 0.5) is 5.69 Å².